The van der Waals surface area contributed by atoms with Gasteiger partial charge in [-0.3, -0.25) is 0 Å². The minimum absolute atomic E-state index is 0.618. The van der Waals surface area contributed by atoms with Crippen molar-refractivity contribution in [2.24, 2.45) is 34.0 Å². The highest BCUT2D eigenvalue weighted by Gasteiger charge is 2.35. The van der Waals surface area contributed by atoms with Crippen LogP contribution in [0.5, 0.6) is 0 Å². The average Bonchev–Trinajstić information content (AvgIpc) is 2.92. The van der Waals surface area contributed by atoms with Gasteiger partial charge in [0.15, 0.2) is 0 Å². The monoisotopic (exact) mass is 365 g/mol. The summed E-state index contributed by atoms with van der Waals surface area (Å²) in [7, 11) is 2.20. The Balaban J connectivity index is 0.000000195. The molecule has 1 nitrogen and oxygen atoms in total. The molecule has 2 saturated carbocycles. The van der Waals surface area contributed by atoms with Crippen LogP contribution in [0.25, 0.3) is 0 Å². The second kappa shape index (κ2) is 9.44. The van der Waals surface area contributed by atoms with E-state index in [1.807, 2.05) is 0 Å². The highest BCUT2D eigenvalue weighted by molar-refractivity contribution is 4.85. The maximum Gasteiger partial charge on any atom is -0.00167 e. The Morgan fingerprint density at radius 1 is 0.731 bits per heavy atom. The fourth-order valence-electron chi connectivity index (χ4n) is 4.83. The molecule has 1 heteroatoms. The molecule has 0 spiro atoms. The van der Waals surface area contributed by atoms with E-state index in [0.717, 1.165) is 17.8 Å². The molecule has 1 aliphatic heterocycles. The molecule has 0 amide bonds. The first-order valence-corrected chi connectivity index (χ1v) is 11.4. The first-order chi connectivity index (χ1) is 11.8. The van der Waals surface area contributed by atoms with Gasteiger partial charge in [0.1, 0.15) is 0 Å². The number of hydrogen-bond donors (Lipinski definition) is 0. The van der Waals surface area contributed by atoms with Gasteiger partial charge in [-0.1, -0.05) is 75.2 Å². The van der Waals surface area contributed by atoms with Crippen LogP contribution in [0.2, 0.25) is 0 Å². The molecule has 0 bridgehead atoms. The van der Waals surface area contributed by atoms with Gasteiger partial charge in [-0.25, -0.2) is 0 Å². The van der Waals surface area contributed by atoms with Gasteiger partial charge in [-0.05, 0) is 86.2 Å². The summed E-state index contributed by atoms with van der Waals surface area (Å²) in [5, 5.41) is 0. The van der Waals surface area contributed by atoms with Gasteiger partial charge in [0.25, 0.3) is 0 Å². The van der Waals surface area contributed by atoms with Crippen molar-refractivity contribution in [3.8, 4) is 0 Å². The van der Waals surface area contributed by atoms with Crippen LogP contribution in [0.15, 0.2) is 0 Å². The summed E-state index contributed by atoms with van der Waals surface area (Å²) in [6.45, 7) is 23.9. The van der Waals surface area contributed by atoms with Crippen LogP contribution < -0.4 is 0 Å². The quantitative estimate of drug-likeness (QED) is 0.426. The minimum Gasteiger partial charge on any atom is -0.306 e. The number of nitrogens with zero attached hydrogens (tertiary/aromatic N) is 1. The lowest BCUT2D eigenvalue weighted by molar-refractivity contribution is 0.157. The molecule has 0 aromatic carbocycles. The van der Waals surface area contributed by atoms with Crippen molar-refractivity contribution >= 4 is 0 Å². The molecule has 3 atom stereocenters. The standard InChI is InChI=1S/C9H18.C8H17N.C8H16/c1-7-5-8(2)9(3,4)6-7;1-8(2)4-6-9(3)7-5-8;1-7-5-4-6-8(7,2)3/h7-8H,5-6H2,1-4H3;4-7H2,1-3H3;7H,4-6H2,1-3H3. The van der Waals surface area contributed by atoms with Gasteiger partial charge in [-0.15, -0.1) is 0 Å². The molecule has 3 unspecified atom stereocenters. The van der Waals surface area contributed by atoms with Gasteiger partial charge in [0.2, 0.25) is 0 Å². The summed E-state index contributed by atoms with van der Waals surface area (Å²) in [5.74, 6) is 2.87. The lowest BCUT2D eigenvalue weighted by Crippen LogP contribution is -2.34. The Morgan fingerprint density at radius 2 is 1.27 bits per heavy atom. The third kappa shape index (κ3) is 7.91. The first-order valence-electron chi connectivity index (χ1n) is 11.4. The zero-order valence-corrected chi connectivity index (χ0v) is 20.0. The van der Waals surface area contributed by atoms with E-state index in [9.17, 15) is 0 Å². The molecule has 0 radical (unpaired) electrons. The fraction of sp³-hybridized carbons (Fsp3) is 1.00. The molecule has 3 rings (SSSR count). The number of likely N-dealkylation sites (tertiary alicyclic amines) is 1. The maximum absolute atomic E-state index is 2.41. The van der Waals surface area contributed by atoms with E-state index >= 15 is 0 Å². The Labute approximate surface area is 166 Å². The first kappa shape index (κ1) is 24.0. The van der Waals surface area contributed by atoms with E-state index in [4.69, 9.17) is 0 Å². The van der Waals surface area contributed by atoms with Crippen molar-refractivity contribution < 1.29 is 0 Å². The van der Waals surface area contributed by atoms with E-state index in [2.05, 4.69) is 74.3 Å². The summed E-state index contributed by atoms with van der Waals surface area (Å²) in [6.07, 6.45) is 9.93. The van der Waals surface area contributed by atoms with Crippen molar-refractivity contribution in [3.05, 3.63) is 0 Å². The molecule has 3 fully saturated rings. The molecular formula is C25H51N. The highest BCUT2D eigenvalue weighted by atomic mass is 15.1. The van der Waals surface area contributed by atoms with Gasteiger partial charge < -0.3 is 4.90 Å². The minimum atomic E-state index is 0.618. The van der Waals surface area contributed by atoms with Crippen LogP contribution >= 0.6 is 0 Å². The molecule has 0 N–H and O–H groups in total. The van der Waals surface area contributed by atoms with E-state index in [0.29, 0.717) is 16.2 Å². The van der Waals surface area contributed by atoms with Crippen LogP contribution in [0.3, 0.4) is 0 Å². The van der Waals surface area contributed by atoms with Crippen LogP contribution in [-0.4, -0.2) is 25.0 Å². The summed E-state index contributed by atoms with van der Waals surface area (Å²) < 4.78 is 0. The van der Waals surface area contributed by atoms with E-state index < -0.39 is 0 Å². The largest absolute Gasteiger partial charge is 0.306 e. The van der Waals surface area contributed by atoms with E-state index in [-0.39, 0.29) is 0 Å². The number of piperidine rings is 1. The Kier molecular flexibility index (Phi) is 8.71. The number of hydrogen-bond acceptors (Lipinski definition) is 1. The van der Waals surface area contributed by atoms with E-state index in [1.165, 1.54) is 58.0 Å². The highest BCUT2D eigenvalue weighted by Crippen LogP contribution is 2.45. The Bertz CT molecular complexity index is 396. The fourth-order valence-corrected chi connectivity index (χ4v) is 4.83. The molecule has 156 valence electrons. The van der Waals surface area contributed by atoms with Crippen LogP contribution in [0.1, 0.15) is 107 Å². The van der Waals surface area contributed by atoms with Gasteiger partial charge in [0.05, 0.1) is 0 Å². The average molecular weight is 366 g/mol. The topological polar surface area (TPSA) is 3.24 Å². The molecule has 3 aliphatic rings. The molecule has 1 saturated heterocycles. The summed E-state index contributed by atoms with van der Waals surface area (Å²) >= 11 is 0. The van der Waals surface area contributed by atoms with Crippen LogP contribution in [-0.2, 0) is 0 Å². The van der Waals surface area contributed by atoms with Crippen molar-refractivity contribution in [2.45, 2.75) is 107 Å². The van der Waals surface area contributed by atoms with Gasteiger partial charge in [-0.2, -0.15) is 0 Å². The van der Waals surface area contributed by atoms with Crippen molar-refractivity contribution in [3.63, 3.8) is 0 Å². The molecule has 1 heterocycles. The lowest BCUT2D eigenvalue weighted by Gasteiger charge is -2.34. The van der Waals surface area contributed by atoms with Crippen molar-refractivity contribution in [1.29, 1.82) is 0 Å². The Morgan fingerprint density at radius 3 is 1.46 bits per heavy atom. The van der Waals surface area contributed by atoms with Crippen LogP contribution in [0, 0.1) is 34.0 Å². The number of rotatable bonds is 0. The predicted molar refractivity (Wildman–Crippen MR) is 119 cm³/mol. The molecule has 2 aliphatic carbocycles. The second-order valence-electron chi connectivity index (χ2n) is 12.2. The third-order valence-electron chi connectivity index (χ3n) is 8.10. The second-order valence-corrected chi connectivity index (χ2v) is 12.2. The molecule has 0 aromatic heterocycles. The Hall–Kier alpha value is -0.0400. The van der Waals surface area contributed by atoms with Gasteiger partial charge in [0, 0.05) is 0 Å². The van der Waals surface area contributed by atoms with Gasteiger partial charge >= 0.3 is 0 Å². The predicted octanol–water partition coefficient (Wildman–Crippen LogP) is 7.65. The zero-order valence-electron chi connectivity index (χ0n) is 20.0. The lowest BCUT2D eigenvalue weighted by atomic mass is 9.83. The zero-order chi connectivity index (χ0) is 20.2. The normalized spacial score (nSPS) is 35.1. The third-order valence-corrected chi connectivity index (χ3v) is 8.10. The SMILES string of the molecule is CC1CC(C)C(C)(C)C1.CC1CCCC1(C)C.CN1CCC(C)(C)CC1. The molecular weight excluding hydrogens is 314 g/mol. The van der Waals surface area contributed by atoms with Crippen molar-refractivity contribution in [1.82, 2.24) is 4.90 Å². The van der Waals surface area contributed by atoms with Crippen molar-refractivity contribution in [2.75, 3.05) is 20.1 Å². The smallest absolute Gasteiger partial charge is 0.00167 e. The molecule has 26 heavy (non-hydrogen) atoms. The maximum atomic E-state index is 2.41. The summed E-state index contributed by atoms with van der Waals surface area (Å²) in [5.41, 5.74) is 1.89. The molecule has 0 aromatic rings. The summed E-state index contributed by atoms with van der Waals surface area (Å²) in [4.78, 5) is 2.41. The summed E-state index contributed by atoms with van der Waals surface area (Å²) in [6, 6.07) is 0. The van der Waals surface area contributed by atoms with E-state index in [1.54, 1.807) is 0 Å². The van der Waals surface area contributed by atoms with Crippen LogP contribution in [0.4, 0.5) is 0 Å².